The molecule has 1 aliphatic heterocycles. The topological polar surface area (TPSA) is 48.0 Å². The van der Waals surface area contributed by atoms with Crippen molar-refractivity contribution in [3.63, 3.8) is 0 Å². The van der Waals surface area contributed by atoms with E-state index in [4.69, 9.17) is 25.8 Å². The molecule has 26 heavy (non-hydrogen) atoms. The van der Waals surface area contributed by atoms with E-state index < -0.39 is 0 Å². The summed E-state index contributed by atoms with van der Waals surface area (Å²) in [6.45, 7) is 2.34. The molecule has 3 rings (SSSR count). The molecule has 0 saturated carbocycles. The highest BCUT2D eigenvalue weighted by atomic mass is 35.5. The van der Waals surface area contributed by atoms with Crippen molar-refractivity contribution in [2.45, 2.75) is 25.4 Å². The molecule has 6 heteroatoms. The molecule has 0 unspecified atom stereocenters. The maximum absolute atomic E-state index is 12.3. The van der Waals surface area contributed by atoms with Gasteiger partial charge in [0.2, 0.25) is 0 Å². The zero-order valence-corrected chi connectivity index (χ0v) is 15.8. The van der Waals surface area contributed by atoms with Crippen molar-refractivity contribution in [3.05, 3.63) is 58.6 Å². The summed E-state index contributed by atoms with van der Waals surface area (Å²) in [6, 6.07) is 13.1. The van der Waals surface area contributed by atoms with Gasteiger partial charge in [0.15, 0.2) is 11.5 Å². The molecule has 0 N–H and O–H groups in total. The van der Waals surface area contributed by atoms with Gasteiger partial charge in [0.1, 0.15) is 6.61 Å². The first kappa shape index (κ1) is 18.4. The van der Waals surface area contributed by atoms with Gasteiger partial charge in [-0.1, -0.05) is 29.8 Å². The molecule has 1 heterocycles. The zero-order chi connectivity index (χ0) is 18.7. The molecule has 0 aliphatic carbocycles. The highest BCUT2D eigenvalue weighted by Gasteiger charge is 2.37. The molecule has 1 fully saturated rings. The Balaban J connectivity index is 1.81. The van der Waals surface area contributed by atoms with Crippen LogP contribution in [0.15, 0.2) is 42.5 Å². The van der Waals surface area contributed by atoms with E-state index in [1.165, 1.54) is 0 Å². The van der Waals surface area contributed by atoms with Crippen molar-refractivity contribution in [2.24, 2.45) is 0 Å². The lowest BCUT2D eigenvalue weighted by Gasteiger charge is -2.28. The molecule has 0 spiro atoms. The molecule has 1 saturated heterocycles. The predicted molar refractivity (Wildman–Crippen MR) is 100 cm³/mol. The number of hydrogen-bond donors (Lipinski definition) is 0. The number of cyclic esters (lactones) is 1. The first-order chi connectivity index (χ1) is 12.5. The molecule has 138 valence electrons. The van der Waals surface area contributed by atoms with Crippen LogP contribution >= 0.6 is 11.6 Å². The molecule has 0 aromatic heterocycles. The smallest absolute Gasteiger partial charge is 0.410 e. The van der Waals surface area contributed by atoms with E-state index >= 15 is 0 Å². The Morgan fingerprint density at radius 3 is 2.65 bits per heavy atom. The van der Waals surface area contributed by atoms with E-state index in [0.717, 1.165) is 11.1 Å². The van der Waals surface area contributed by atoms with Crippen molar-refractivity contribution in [1.29, 1.82) is 0 Å². The molecule has 2 aromatic rings. The summed E-state index contributed by atoms with van der Waals surface area (Å²) in [7, 11) is 3.22. The van der Waals surface area contributed by atoms with Crippen molar-refractivity contribution >= 4 is 17.7 Å². The van der Waals surface area contributed by atoms with Crippen molar-refractivity contribution in [1.82, 2.24) is 4.90 Å². The lowest BCUT2D eigenvalue weighted by atomic mass is 10.0. The minimum Gasteiger partial charge on any atom is -0.493 e. The molecular weight excluding hydrogens is 354 g/mol. The van der Waals surface area contributed by atoms with Crippen LogP contribution in [-0.2, 0) is 11.2 Å². The fourth-order valence-corrected chi connectivity index (χ4v) is 3.54. The number of amides is 1. The molecular formula is C20H22ClNO4. The first-order valence-corrected chi connectivity index (χ1v) is 8.82. The molecule has 0 radical (unpaired) electrons. The summed E-state index contributed by atoms with van der Waals surface area (Å²) in [4.78, 5) is 14.1. The average molecular weight is 376 g/mol. The van der Waals surface area contributed by atoms with E-state index in [9.17, 15) is 4.79 Å². The summed E-state index contributed by atoms with van der Waals surface area (Å²) >= 11 is 6.11. The molecule has 1 aliphatic rings. The number of ether oxygens (including phenoxy) is 3. The Labute approximate surface area is 158 Å². The van der Waals surface area contributed by atoms with Gasteiger partial charge in [-0.05, 0) is 48.7 Å². The highest BCUT2D eigenvalue weighted by molar-refractivity contribution is 6.30. The quantitative estimate of drug-likeness (QED) is 0.746. The first-order valence-electron chi connectivity index (χ1n) is 8.45. The normalized spacial score (nSPS) is 17.8. The number of methoxy groups -OCH3 is 2. The van der Waals surface area contributed by atoms with Crippen LogP contribution in [0.25, 0.3) is 0 Å². The summed E-state index contributed by atoms with van der Waals surface area (Å²) in [6.07, 6.45) is 0.370. The van der Waals surface area contributed by atoms with Gasteiger partial charge in [-0.15, -0.1) is 0 Å². The molecule has 2 aromatic carbocycles. The standard InChI is InChI=1S/C20H22ClNO4/c1-13(9-14-7-8-18(24-2)19(10-14)25-3)22-17(12-26-20(22)23)15-5-4-6-16(21)11-15/h4-8,10-11,13,17H,9,12H2,1-3H3/t13-,17+/m1/s1. The van der Waals surface area contributed by atoms with Crippen molar-refractivity contribution in [3.8, 4) is 11.5 Å². The van der Waals surface area contributed by atoms with Gasteiger partial charge in [0.05, 0.1) is 20.3 Å². The predicted octanol–water partition coefficient (Wildman–Crippen LogP) is 4.48. The van der Waals surface area contributed by atoms with Crippen LogP contribution in [0.2, 0.25) is 5.02 Å². The van der Waals surface area contributed by atoms with Crippen LogP contribution in [0.1, 0.15) is 24.1 Å². The Hall–Kier alpha value is -2.40. The summed E-state index contributed by atoms with van der Waals surface area (Å²) in [5.41, 5.74) is 2.03. The van der Waals surface area contributed by atoms with Gasteiger partial charge in [0.25, 0.3) is 0 Å². The molecule has 1 amide bonds. The third-order valence-electron chi connectivity index (χ3n) is 4.60. The Morgan fingerprint density at radius 2 is 1.96 bits per heavy atom. The lowest BCUT2D eigenvalue weighted by Crippen LogP contribution is -2.37. The fraction of sp³-hybridized carbons (Fsp3) is 0.350. The molecule has 0 bridgehead atoms. The molecule has 2 atom stereocenters. The van der Waals surface area contributed by atoms with E-state index in [1.807, 2.05) is 49.4 Å². The SMILES string of the molecule is COc1ccc(C[C@@H](C)N2C(=O)OC[C@H]2c2cccc(Cl)c2)cc1OC. The summed E-state index contributed by atoms with van der Waals surface area (Å²) < 4.78 is 16.0. The fourth-order valence-electron chi connectivity index (χ4n) is 3.34. The Kier molecular flexibility index (Phi) is 5.57. The third kappa shape index (κ3) is 3.73. The Bertz CT molecular complexity index is 795. The number of halogens is 1. The number of carbonyl (C=O) groups is 1. The monoisotopic (exact) mass is 375 g/mol. The van der Waals surface area contributed by atoms with Crippen LogP contribution in [-0.4, -0.2) is 37.9 Å². The van der Waals surface area contributed by atoms with Crippen LogP contribution in [0, 0.1) is 0 Å². The largest absolute Gasteiger partial charge is 0.493 e. The second-order valence-electron chi connectivity index (χ2n) is 6.30. The van der Waals surface area contributed by atoms with E-state index in [1.54, 1.807) is 19.1 Å². The van der Waals surface area contributed by atoms with E-state index in [0.29, 0.717) is 29.5 Å². The lowest BCUT2D eigenvalue weighted by molar-refractivity contribution is 0.146. The highest BCUT2D eigenvalue weighted by Crippen LogP contribution is 2.33. The van der Waals surface area contributed by atoms with Crippen LogP contribution < -0.4 is 9.47 Å². The van der Waals surface area contributed by atoms with Gasteiger partial charge in [-0.2, -0.15) is 0 Å². The van der Waals surface area contributed by atoms with Crippen molar-refractivity contribution in [2.75, 3.05) is 20.8 Å². The maximum atomic E-state index is 12.3. The second kappa shape index (κ2) is 7.87. The minimum absolute atomic E-state index is 0.0490. The zero-order valence-electron chi connectivity index (χ0n) is 15.1. The van der Waals surface area contributed by atoms with Crippen LogP contribution in [0.5, 0.6) is 11.5 Å². The third-order valence-corrected chi connectivity index (χ3v) is 4.83. The van der Waals surface area contributed by atoms with Gasteiger partial charge in [0, 0.05) is 11.1 Å². The summed E-state index contributed by atoms with van der Waals surface area (Å²) in [5.74, 6) is 1.36. The van der Waals surface area contributed by atoms with Gasteiger partial charge in [-0.25, -0.2) is 4.79 Å². The van der Waals surface area contributed by atoms with E-state index in [2.05, 4.69) is 0 Å². The maximum Gasteiger partial charge on any atom is 0.410 e. The van der Waals surface area contributed by atoms with Crippen molar-refractivity contribution < 1.29 is 19.0 Å². The number of carbonyl (C=O) groups excluding carboxylic acids is 1. The Morgan fingerprint density at radius 1 is 1.19 bits per heavy atom. The van der Waals surface area contributed by atoms with Gasteiger partial charge >= 0.3 is 6.09 Å². The van der Waals surface area contributed by atoms with E-state index in [-0.39, 0.29) is 18.2 Å². The van der Waals surface area contributed by atoms with Gasteiger partial charge < -0.3 is 14.2 Å². The number of benzene rings is 2. The second-order valence-corrected chi connectivity index (χ2v) is 6.73. The number of hydrogen-bond acceptors (Lipinski definition) is 4. The van der Waals surface area contributed by atoms with Crippen LogP contribution in [0.3, 0.4) is 0 Å². The van der Waals surface area contributed by atoms with Crippen LogP contribution in [0.4, 0.5) is 4.79 Å². The minimum atomic E-state index is -0.303. The average Bonchev–Trinajstić information content (AvgIpc) is 3.03. The summed E-state index contributed by atoms with van der Waals surface area (Å²) in [5, 5.41) is 0.648. The number of nitrogens with zero attached hydrogens (tertiary/aromatic N) is 1. The number of rotatable bonds is 6. The molecule has 5 nitrogen and oxygen atoms in total. The van der Waals surface area contributed by atoms with Gasteiger partial charge in [-0.3, -0.25) is 4.90 Å².